The van der Waals surface area contributed by atoms with Crippen LogP contribution in [0.15, 0.2) is 11.1 Å². The van der Waals surface area contributed by atoms with E-state index in [1.54, 1.807) is 0 Å². The molecule has 1 N–H and O–H groups in total. The zero-order valence-electron chi connectivity index (χ0n) is 6.18. The third-order valence-electron chi connectivity index (χ3n) is 2.02. The molecule has 0 bridgehead atoms. The van der Waals surface area contributed by atoms with Gasteiger partial charge in [0.1, 0.15) is 0 Å². The molecule has 0 aromatic heterocycles. The Kier molecular flexibility index (Phi) is 2.10. The fourth-order valence-electron chi connectivity index (χ4n) is 1.45. The molecule has 0 aliphatic heterocycles. The number of carboxylic acids is 1. The van der Waals surface area contributed by atoms with E-state index in [2.05, 4.69) is 0 Å². The lowest BCUT2D eigenvalue weighted by Gasteiger charge is -1.96. The molecule has 0 radical (unpaired) electrons. The number of carboxylic acid groups (broad SMARTS) is 1. The lowest BCUT2D eigenvalue weighted by atomic mass is 10.1. The van der Waals surface area contributed by atoms with Crippen LogP contribution in [0.4, 0.5) is 0 Å². The zero-order chi connectivity index (χ0) is 7.56. The Balaban J connectivity index is 2.78. The first-order chi connectivity index (χ1) is 4.75. The minimum Gasteiger partial charge on any atom is -0.478 e. The molecule has 1 rings (SSSR count). The molecule has 0 amide bonds. The van der Waals surface area contributed by atoms with Crippen LogP contribution < -0.4 is 0 Å². The molecule has 0 spiro atoms. The normalized spacial score (nSPS) is 18.1. The van der Waals surface area contributed by atoms with Crippen LogP contribution >= 0.6 is 0 Å². The minimum atomic E-state index is -0.714. The van der Waals surface area contributed by atoms with Crippen molar-refractivity contribution >= 4 is 5.97 Å². The van der Waals surface area contributed by atoms with E-state index in [-0.39, 0.29) is 0 Å². The Morgan fingerprint density at radius 3 is 2.70 bits per heavy atom. The summed E-state index contributed by atoms with van der Waals surface area (Å²) in [5.74, 6) is -0.714. The summed E-state index contributed by atoms with van der Waals surface area (Å²) in [6.45, 7) is 2.02. The maximum atomic E-state index is 10.5. The average molecular weight is 140 g/mol. The second kappa shape index (κ2) is 2.86. The molecule has 0 heterocycles. The topological polar surface area (TPSA) is 37.3 Å². The van der Waals surface area contributed by atoms with Crippen LogP contribution in [0, 0.1) is 0 Å². The van der Waals surface area contributed by atoms with Crippen molar-refractivity contribution in [3.05, 3.63) is 11.1 Å². The molecule has 10 heavy (non-hydrogen) atoms. The summed E-state index contributed by atoms with van der Waals surface area (Å²) in [5.41, 5.74) is 1.81. The smallest absolute Gasteiger partial charge is 0.331 e. The number of hydrogen-bond donors (Lipinski definition) is 1. The summed E-state index contributed by atoms with van der Waals surface area (Å²) in [6, 6.07) is 0. The molecule has 56 valence electrons. The number of allylic oxidation sites excluding steroid dienone is 1. The van der Waals surface area contributed by atoms with E-state index in [9.17, 15) is 4.79 Å². The predicted molar refractivity (Wildman–Crippen MR) is 38.8 cm³/mol. The number of hydrogen-bond acceptors (Lipinski definition) is 1. The lowest BCUT2D eigenvalue weighted by molar-refractivity contribution is -0.132. The second-order valence-electron chi connectivity index (χ2n) is 2.59. The van der Waals surface area contributed by atoms with Crippen molar-refractivity contribution in [3.63, 3.8) is 0 Å². The van der Waals surface area contributed by atoms with Crippen LogP contribution in [-0.4, -0.2) is 11.1 Å². The van der Waals surface area contributed by atoms with Gasteiger partial charge in [0.2, 0.25) is 0 Å². The van der Waals surface area contributed by atoms with E-state index in [0.29, 0.717) is 5.57 Å². The molecule has 0 aromatic carbocycles. The number of carbonyl (C=O) groups is 1. The highest BCUT2D eigenvalue weighted by Crippen LogP contribution is 2.27. The van der Waals surface area contributed by atoms with Crippen LogP contribution in [0.1, 0.15) is 32.6 Å². The highest BCUT2D eigenvalue weighted by Gasteiger charge is 2.17. The van der Waals surface area contributed by atoms with E-state index < -0.39 is 5.97 Å². The fraction of sp³-hybridized carbons (Fsp3) is 0.625. The fourth-order valence-corrected chi connectivity index (χ4v) is 1.45. The first-order valence-corrected chi connectivity index (χ1v) is 3.70. The molecular weight excluding hydrogens is 128 g/mol. The van der Waals surface area contributed by atoms with E-state index in [1.165, 1.54) is 0 Å². The van der Waals surface area contributed by atoms with Gasteiger partial charge in [-0.15, -0.1) is 0 Å². The van der Waals surface area contributed by atoms with Crippen LogP contribution in [0.2, 0.25) is 0 Å². The third kappa shape index (κ3) is 1.20. The Labute approximate surface area is 60.6 Å². The van der Waals surface area contributed by atoms with Crippen molar-refractivity contribution in [2.24, 2.45) is 0 Å². The molecule has 0 unspecified atom stereocenters. The van der Waals surface area contributed by atoms with Gasteiger partial charge in [-0.05, 0) is 25.7 Å². The van der Waals surface area contributed by atoms with Gasteiger partial charge in [0.15, 0.2) is 0 Å². The standard InChI is InChI=1S/C8H12O2/c1-2-6-4-3-5-7(6)8(9)10/h2-5H2,1H3,(H,9,10). The maximum absolute atomic E-state index is 10.5. The highest BCUT2D eigenvalue weighted by atomic mass is 16.4. The van der Waals surface area contributed by atoms with E-state index in [1.807, 2.05) is 6.92 Å². The van der Waals surface area contributed by atoms with Crippen molar-refractivity contribution in [2.75, 3.05) is 0 Å². The van der Waals surface area contributed by atoms with Gasteiger partial charge in [0, 0.05) is 5.57 Å². The average Bonchev–Trinajstić information content (AvgIpc) is 2.33. The van der Waals surface area contributed by atoms with Gasteiger partial charge in [0.25, 0.3) is 0 Å². The largest absolute Gasteiger partial charge is 0.478 e. The number of aliphatic carboxylic acids is 1. The monoisotopic (exact) mass is 140 g/mol. The van der Waals surface area contributed by atoms with E-state index in [0.717, 1.165) is 31.3 Å². The predicted octanol–water partition coefficient (Wildman–Crippen LogP) is 1.96. The zero-order valence-corrected chi connectivity index (χ0v) is 6.18. The molecule has 2 heteroatoms. The summed E-state index contributed by atoms with van der Waals surface area (Å²) in [7, 11) is 0. The molecular formula is C8H12O2. The maximum Gasteiger partial charge on any atom is 0.331 e. The molecule has 1 aliphatic rings. The van der Waals surface area contributed by atoms with Crippen molar-refractivity contribution < 1.29 is 9.90 Å². The van der Waals surface area contributed by atoms with Gasteiger partial charge in [-0.2, -0.15) is 0 Å². The van der Waals surface area contributed by atoms with Crippen molar-refractivity contribution in [1.29, 1.82) is 0 Å². The SMILES string of the molecule is CCC1=C(C(=O)O)CCC1. The Morgan fingerprint density at radius 2 is 2.30 bits per heavy atom. The first kappa shape index (κ1) is 7.32. The van der Waals surface area contributed by atoms with Crippen molar-refractivity contribution in [3.8, 4) is 0 Å². The van der Waals surface area contributed by atoms with Gasteiger partial charge >= 0.3 is 5.97 Å². The molecule has 0 saturated carbocycles. The minimum absolute atomic E-state index is 0.669. The second-order valence-corrected chi connectivity index (χ2v) is 2.59. The van der Waals surface area contributed by atoms with Crippen LogP contribution in [-0.2, 0) is 4.79 Å². The molecule has 0 fully saturated rings. The summed E-state index contributed by atoms with van der Waals surface area (Å²) in [5, 5.41) is 8.66. The van der Waals surface area contributed by atoms with Crippen molar-refractivity contribution in [2.45, 2.75) is 32.6 Å². The van der Waals surface area contributed by atoms with Gasteiger partial charge in [-0.25, -0.2) is 4.79 Å². The van der Waals surface area contributed by atoms with E-state index >= 15 is 0 Å². The highest BCUT2D eigenvalue weighted by molar-refractivity contribution is 5.88. The summed E-state index contributed by atoms with van der Waals surface area (Å²) < 4.78 is 0. The van der Waals surface area contributed by atoms with Gasteiger partial charge in [0.05, 0.1) is 0 Å². The first-order valence-electron chi connectivity index (χ1n) is 3.70. The van der Waals surface area contributed by atoms with Crippen LogP contribution in [0.25, 0.3) is 0 Å². The summed E-state index contributed by atoms with van der Waals surface area (Å²) in [4.78, 5) is 10.5. The number of rotatable bonds is 2. The molecule has 0 atom stereocenters. The van der Waals surface area contributed by atoms with Gasteiger partial charge < -0.3 is 5.11 Å². The summed E-state index contributed by atoms with van der Waals surface area (Å²) >= 11 is 0. The summed E-state index contributed by atoms with van der Waals surface area (Å²) in [6.07, 6.45) is 3.71. The Bertz CT molecular complexity index is 180. The Hall–Kier alpha value is -0.790. The third-order valence-corrected chi connectivity index (χ3v) is 2.02. The van der Waals surface area contributed by atoms with Crippen LogP contribution in [0.3, 0.4) is 0 Å². The molecule has 0 saturated heterocycles. The lowest BCUT2D eigenvalue weighted by Crippen LogP contribution is -1.99. The van der Waals surface area contributed by atoms with Crippen molar-refractivity contribution in [1.82, 2.24) is 0 Å². The van der Waals surface area contributed by atoms with Crippen LogP contribution in [0.5, 0.6) is 0 Å². The molecule has 1 aliphatic carbocycles. The van der Waals surface area contributed by atoms with Gasteiger partial charge in [-0.3, -0.25) is 0 Å². The quantitative estimate of drug-likeness (QED) is 0.636. The Morgan fingerprint density at radius 1 is 1.60 bits per heavy atom. The van der Waals surface area contributed by atoms with Gasteiger partial charge in [-0.1, -0.05) is 12.5 Å². The van der Waals surface area contributed by atoms with E-state index in [4.69, 9.17) is 5.11 Å². The molecule has 2 nitrogen and oxygen atoms in total. The molecule has 0 aromatic rings.